The van der Waals surface area contributed by atoms with Gasteiger partial charge in [-0.3, -0.25) is 0 Å². The Labute approximate surface area is 139 Å². The van der Waals surface area contributed by atoms with E-state index in [0.29, 0.717) is 13.0 Å². The number of rotatable bonds is 6. The van der Waals surface area contributed by atoms with Gasteiger partial charge in [0.1, 0.15) is 0 Å². The number of aliphatic hydroxyl groups excluding tert-OH is 1. The summed E-state index contributed by atoms with van der Waals surface area (Å²) in [7, 11) is 0. The van der Waals surface area contributed by atoms with Crippen LogP contribution in [0.5, 0.6) is 0 Å². The molecular weight excluding hydrogens is 290 g/mol. The van der Waals surface area contributed by atoms with E-state index in [2.05, 4.69) is 39.8 Å². The highest BCUT2D eigenvalue weighted by Gasteiger charge is 2.20. The molecule has 2 amide bonds. The van der Waals surface area contributed by atoms with E-state index in [1.165, 1.54) is 5.69 Å². The summed E-state index contributed by atoms with van der Waals surface area (Å²) in [6.07, 6.45) is 2.15. The molecule has 0 bridgehead atoms. The maximum Gasteiger partial charge on any atom is 0.315 e. The smallest absolute Gasteiger partial charge is 0.315 e. The Morgan fingerprint density at radius 1 is 1.26 bits per heavy atom. The lowest BCUT2D eigenvalue weighted by Crippen LogP contribution is -2.48. The summed E-state index contributed by atoms with van der Waals surface area (Å²) in [6.45, 7) is 6.38. The number of hydrogen-bond acceptors (Lipinski definition) is 3. The number of nitrogens with zero attached hydrogens (tertiary/aromatic N) is 1. The molecule has 1 fully saturated rings. The van der Waals surface area contributed by atoms with Crippen LogP contribution in [0.1, 0.15) is 33.1 Å². The number of urea groups is 1. The van der Waals surface area contributed by atoms with Crippen molar-refractivity contribution < 1.29 is 9.90 Å². The van der Waals surface area contributed by atoms with Crippen LogP contribution in [-0.4, -0.2) is 42.9 Å². The maximum absolute atomic E-state index is 11.9. The third-order valence-electron chi connectivity index (χ3n) is 4.45. The third kappa shape index (κ3) is 5.75. The summed E-state index contributed by atoms with van der Waals surface area (Å²) in [5.41, 5.74) is 1.25. The van der Waals surface area contributed by atoms with E-state index < -0.39 is 0 Å². The van der Waals surface area contributed by atoms with Crippen molar-refractivity contribution in [2.45, 2.75) is 45.3 Å². The Morgan fingerprint density at radius 2 is 1.91 bits per heavy atom. The SMILES string of the molecule is CC(C)C(O)CCNC(=O)NC1CCN(c2ccccc2)CC1. The molecule has 23 heavy (non-hydrogen) atoms. The van der Waals surface area contributed by atoms with E-state index in [0.717, 1.165) is 25.9 Å². The highest BCUT2D eigenvalue weighted by Crippen LogP contribution is 2.19. The normalized spacial score (nSPS) is 17.1. The quantitative estimate of drug-likeness (QED) is 0.754. The van der Waals surface area contributed by atoms with Crippen LogP contribution in [0, 0.1) is 5.92 Å². The molecule has 1 heterocycles. The molecule has 1 aromatic carbocycles. The van der Waals surface area contributed by atoms with Crippen LogP contribution >= 0.6 is 0 Å². The van der Waals surface area contributed by atoms with Crippen LogP contribution in [0.25, 0.3) is 0 Å². The lowest BCUT2D eigenvalue weighted by atomic mass is 10.0. The Hall–Kier alpha value is -1.75. The summed E-state index contributed by atoms with van der Waals surface area (Å²) >= 11 is 0. The molecule has 0 radical (unpaired) electrons. The number of amides is 2. The number of carbonyl (C=O) groups excluding carboxylic acids is 1. The van der Waals surface area contributed by atoms with Gasteiger partial charge in [-0.2, -0.15) is 0 Å². The molecule has 0 aliphatic carbocycles. The second kappa shape index (κ2) is 8.77. The van der Waals surface area contributed by atoms with Crippen LogP contribution < -0.4 is 15.5 Å². The fraction of sp³-hybridized carbons (Fsp3) is 0.611. The standard InChI is InChI=1S/C18H29N3O2/c1-14(2)17(22)8-11-19-18(23)20-15-9-12-21(13-10-15)16-6-4-3-5-7-16/h3-7,14-15,17,22H,8-13H2,1-2H3,(H2,19,20,23). The van der Waals surface area contributed by atoms with Crippen molar-refractivity contribution in [3.05, 3.63) is 30.3 Å². The summed E-state index contributed by atoms with van der Waals surface area (Å²) in [6, 6.07) is 10.5. The predicted octanol–water partition coefficient (Wildman–Crippen LogP) is 2.36. The van der Waals surface area contributed by atoms with Gasteiger partial charge in [-0.15, -0.1) is 0 Å². The second-order valence-electron chi connectivity index (χ2n) is 6.60. The van der Waals surface area contributed by atoms with Gasteiger partial charge in [-0.05, 0) is 37.3 Å². The van der Waals surface area contributed by atoms with Crippen LogP contribution in [0.15, 0.2) is 30.3 Å². The largest absolute Gasteiger partial charge is 0.393 e. The average molecular weight is 319 g/mol. The first-order chi connectivity index (χ1) is 11.1. The van der Waals surface area contributed by atoms with Crippen molar-refractivity contribution in [2.24, 2.45) is 5.92 Å². The van der Waals surface area contributed by atoms with Crippen molar-refractivity contribution in [2.75, 3.05) is 24.5 Å². The number of para-hydroxylation sites is 1. The molecule has 2 rings (SSSR count). The molecule has 1 saturated heterocycles. The van der Waals surface area contributed by atoms with E-state index >= 15 is 0 Å². The minimum Gasteiger partial charge on any atom is -0.393 e. The first-order valence-corrected chi connectivity index (χ1v) is 8.58. The first-order valence-electron chi connectivity index (χ1n) is 8.58. The highest BCUT2D eigenvalue weighted by molar-refractivity contribution is 5.74. The number of piperidine rings is 1. The van der Waals surface area contributed by atoms with Gasteiger partial charge in [-0.25, -0.2) is 4.79 Å². The molecule has 0 aromatic heterocycles. The van der Waals surface area contributed by atoms with Crippen LogP contribution in [-0.2, 0) is 0 Å². The van der Waals surface area contributed by atoms with Gasteiger partial charge < -0.3 is 20.6 Å². The van der Waals surface area contributed by atoms with Crippen molar-refractivity contribution in [1.82, 2.24) is 10.6 Å². The van der Waals surface area contributed by atoms with Gasteiger partial charge in [0.2, 0.25) is 0 Å². The van der Waals surface area contributed by atoms with Gasteiger partial charge in [0.05, 0.1) is 6.10 Å². The van der Waals surface area contributed by atoms with E-state index in [9.17, 15) is 9.90 Å². The van der Waals surface area contributed by atoms with Crippen molar-refractivity contribution in [3.63, 3.8) is 0 Å². The lowest BCUT2D eigenvalue weighted by molar-refractivity contribution is 0.116. The minimum absolute atomic E-state index is 0.126. The van der Waals surface area contributed by atoms with Crippen LogP contribution in [0.2, 0.25) is 0 Å². The molecule has 1 aliphatic heterocycles. The fourth-order valence-corrected chi connectivity index (χ4v) is 2.82. The van der Waals surface area contributed by atoms with Gasteiger partial charge in [0.25, 0.3) is 0 Å². The number of hydrogen-bond donors (Lipinski definition) is 3. The highest BCUT2D eigenvalue weighted by atomic mass is 16.3. The summed E-state index contributed by atoms with van der Waals surface area (Å²) in [5.74, 6) is 0.224. The molecular formula is C18H29N3O2. The monoisotopic (exact) mass is 319 g/mol. The Balaban J connectivity index is 1.65. The van der Waals surface area contributed by atoms with E-state index in [1.54, 1.807) is 0 Å². The zero-order valence-corrected chi connectivity index (χ0v) is 14.2. The van der Waals surface area contributed by atoms with Gasteiger partial charge in [0.15, 0.2) is 0 Å². The van der Waals surface area contributed by atoms with E-state index in [-0.39, 0.29) is 24.1 Å². The zero-order chi connectivity index (χ0) is 16.7. The summed E-state index contributed by atoms with van der Waals surface area (Å²) < 4.78 is 0. The summed E-state index contributed by atoms with van der Waals surface area (Å²) in [4.78, 5) is 14.3. The number of carbonyl (C=O) groups is 1. The lowest BCUT2D eigenvalue weighted by Gasteiger charge is -2.34. The molecule has 1 atom stereocenters. The average Bonchev–Trinajstić information content (AvgIpc) is 2.56. The number of benzene rings is 1. The molecule has 1 unspecified atom stereocenters. The van der Waals surface area contributed by atoms with Crippen LogP contribution in [0.4, 0.5) is 10.5 Å². The first kappa shape index (κ1) is 17.6. The molecule has 3 N–H and O–H groups in total. The minimum atomic E-state index is -0.357. The van der Waals surface area contributed by atoms with Crippen molar-refractivity contribution >= 4 is 11.7 Å². The van der Waals surface area contributed by atoms with Crippen molar-refractivity contribution in [3.8, 4) is 0 Å². The number of anilines is 1. The topological polar surface area (TPSA) is 64.6 Å². The molecule has 5 heteroatoms. The molecule has 128 valence electrons. The third-order valence-corrected chi connectivity index (χ3v) is 4.45. The molecule has 1 aliphatic rings. The number of nitrogens with one attached hydrogen (secondary N) is 2. The van der Waals surface area contributed by atoms with E-state index in [1.807, 2.05) is 19.9 Å². The molecule has 1 aromatic rings. The van der Waals surface area contributed by atoms with Gasteiger partial charge >= 0.3 is 6.03 Å². The van der Waals surface area contributed by atoms with Crippen LogP contribution in [0.3, 0.4) is 0 Å². The Kier molecular flexibility index (Phi) is 6.71. The Bertz CT molecular complexity index is 470. The predicted molar refractivity (Wildman–Crippen MR) is 93.7 cm³/mol. The second-order valence-corrected chi connectivity index (χ2v) is 6.60. The van der Waals surface area contributed by atoms with E-state index in [4.69, 9.17) is 0 Å². The fourth-order valence-electron chi connectivity index (χ4n) is 2.82. The summed E-state index contributed by atoms with van der Waals surface area (Å²) in [5, 5.41) is 15.6. The zero-order valence-electron chi connectivity index (χ0n) is 14.2. The van der Waals surface area contributed by atoms with Gasteiger partial charge in [-0.1, -0.05) is 32.0 Å². The van der Waals surface area contributed by atoms with Gasteiger partial charge in [0, 0.05) is 31.4 Å². The number of aliphatic hydroxyl groups is 1. The van der Waals surface area contributed by atoms with Crippen molar-refractivity contribution in [1.29, 1.82) is 0 Å². The molecule has 0 spiro atoms. The molecule has 0 saturated carbocycles. The maximum atomic E-state index is 11.9. The Morgan fingerprint density at radius 3 is 2.52 bits per heavy atom. The molecule has 5 nitrogen and oxygen atoms in total.